The zero-order chi connectivity index (χ0) is 16.0. The van der Waals surface area contributed by atoms with Crippen molar-refractivity contribution in [3.8, 4) is 0 Å². The molecule has 5 nitrogen and oxygen atoms in total. The number of para-hydroxylation sites is 1. The maximum Gasteiger partial charge on any atom is 0.275 e. The lowest BCUT2D eigenvalue weighted by Crippen LogP contribution is -2.31. The summed E-state index contributed by atoms with van der Waals surface area (Å²) >= 11 is 1.45. The van der Waals surface area contributed by atoms with Gasteiger partial charge in [0.2, 0.25) is 4.96 Å². The summed E-state index contributed by atoms with van der Waals surface area (Å²) in [5.74, 6) is 0.577. The van der Waals surface area contributed by atoms with Gasteiger partial charge in [-0.25, -0.2) is 4.98 Å². The van der Waals surface area contributed by atoms with Crippen LogP contribution in [-0.2, 0) is 6.54 Å². The third-order valence-electron chi connectivity index (χ3n) is 4.39. The highest BCUT2D eigenvalue weighted by Gasteiger charge is 2.22. The number of anilines is 1. The highest BCUT2D eigenvalue weighted by molar-refractivity contribution is 7.16. The first kappa shape index (κ1) is 14.4. The number of nitrogens with zero attached hydrogens (tertiary/aromatic N) is 4. The lowest BCUT2D eigenvalue weighted by atomic mass is 9.91. The molecule has 23 heavy (non-hydrogen) atoms. The first-order valence-electron chi connectivity index (χ1n) is 7.82. The van der Waals surface area contributed by atoms with Gasteiger partial charge in [0, 0.05) is 18.3 Å². The largest absolute Gasteiger partial charge is 0.365 e. The Balaban J connectivity index is 1.71. The molecule has 3 heterocycles. The van der Waals surface area contributed by atoms with Crippen LogP contribution in [0.1, 0.15) is 35.5 Å². The molecule has 0 bridgehead atoms. The molecule has 0 fully saturated rings. The van der Waals surface area contributed by atoms with E-state index in [-0.39, 0.29) is 5.56 Å². The van der Waals surface area contributed by atoms with Crippen LogP contribution in [0.4, 0.5) is 5.69 Å². The van der Waals surface area contributed by atoms with Crippen molar-refractivity contribution in [2.45, 2.75) is 32.7 Å². The van der Waals surface area contributed by atoms with E-state index in [1.54, 1.807) is 6.07 Å². The standard InChI is InChI=1S/C17H18N4OS/c1-11-7-8-20(15-6-4-3-5-14(11)15)10-13-9-16(22)21-17(18-13)23-12(2)19-21/h3-6,9,11H,7-8,10H2,1-2H3/t11-/m0/s1. The Kier molecular flexibility index (Phi) is 3.41. The highest BCUT2D eigenvalue weighted by Crippen LogP contribution is 2.35. The molecule has 0 saturated carbocycles. The van der Waals surface area contributed by atoms with Gasteiger partial charge in [0.1, 0.15) is 5.01 Å². The summed E-state index contributed by atoms with van der Waals surface area (Å²) in [6.45, 7) is 5.81. The topological polar surface area (TPSA) is 50.5 Å². The number of aryl methyl sites for hydroxylation is 1. The second-order valence-electron chi connectivity index (χ2n) is 6.07. The first-order chi connectivity index (χ1) is 11.1. The van der Waals surface area contributed by atoms with Gasteiger partial charge in [-0.1, -0.05) is 36.5 Å². The number of fused-ring (bicyclic) bond motifs is 2. The van der Waals surface area contributed by atoms with Crippen LogP contribution in [0.15, 0.2) is 35.1 Å². The predicted octanol–water partition coefficient (Wildman–Crippen LogP) is 2.97. The molecule has 1 atom stereocenters. The van der Waals surface area contributed by atoms with Crippen molar-refractivity contribution in [2.75, 3.05) is 11.4 Å². The molecule has 1 aliphatic heterocycles. The van der Waals surface area contributed by atoms with Crippen molar-refractivity contribution in [3.05, 3.63) is 57.0 Å². The molecule has 1 aromatic carbocycles. The van der Waals surface area contributed by atoms with Crippen LogP contribution in [0.2, 0.25) is 0 Å². The molecule has 2 aromatic heterocycles. The Hall–Kier alpha value is -2.21. The zero-order valence-corrected chi connectivity index (χ0v) is 14.0. The van der Waals surface area contributed by atoms with Crippen LogP contribution >= 0.6 is 11.3 Å². The smallest absolute Gasteiger partial charge is 0.275 e. The summed E-state index contributed by atoms with van der Waals surface area (Å²) in [5, 5.41) is 5.04. The molecular weight excluding hydrogens is 308 g/mol. The van der Waals surface area contributed by atoms with Crippen molar-refractivity contribution in [1.29, 1.82) is 0 Å². The van der Waals surface area contributed by atoms with Gasteiger partial charge < -0.3 is 4.90 Å². The van der Waals surface area contributed by atoms with E-state index >= 15 is 0 Å². The van der Waals surface area contributed by atoms with Gasteiger partial charge in [-0.15, -0.1) is 0 Å². The highest BCUT2D eigenvalue weighted by atomic mass is 32.1. The van der Waals surface area contributed by atoms with Crippen molar-refractivity contribution in [3.63, 3.8) is 0 Å². The quantitative estimate of drug-likeness (QED) is 0.726. The summed E-state index contributed by atoms with van der Waals surface area (Å²) in [7, 11) is 0. The van der Waals surface area contributed by atoms with Gasteiger partial charge in [-0.2, -0.15) is 9.61 Å². The minimum Gasteiger partial charge on any atom is -0.365 e. The molecule has 118 valence electrons. The predicted molar refractivity (Wildman–Crippen MR) is 92.4 cm³/mol. The minimum absolute atomic E-state index is 0.104. The number of aromatic nitrogens is 3. The number of rotatable bonds is 2. The molecule has 0 spiro atoms. The van der Waals surface area contributed by atoms with Crippen LogP contribution in [0.25, 0.3) is 4.96 Å². The Morgan fingerprint density at radius 2 is 2.17 bits per heavy atom. The van der Waals surface area contributed by atoms with Gasteiger partial charge in [-0.3, -0.25) is 4.79 Å². The van der Waals surface area contributed by atoms with Gasteiger partial charge in [-0.05, 0) is 30.9 Å². The van der Waals surface area contributed by atoms with E-state index in [9.17, 15) is 4.79 Å². The lowest BCUT2D eigenvalue weighted by molar-refractivity contribution is 0.605. The molecule has 0 N–H and O–H groups in total. The fourth-order valence-electron chi connectivity index (χ4n) is 3.21. The average Bonchev–Trinajstić information content (AvgIpc) is 2.91. The third kappa shape index (κ3) is 2.53. The van der Waals surface area contributed by atoms with E-state index in [1.165, 1.54) is 27.1 Å². The Morgan fingerprint density at radius 1 is 1.35 bits per heavy atom. The number of benzene rings is 1. The zero-order valence-electron chi connectivity index (χ0n) is 13.2. The van der Waals surface area contributed by atoms with E-state index in [0.29, 0.717) is 17.4 Å². The monoisotopic (exact) mass is 326 g/mol. The van der Waals surface area contributed by atoms with Crippen LogP contribution in [0, 0.1) is 6.92 Å². The maximum absolute atomic E-state index is 12.2. The van der Waals surface area contributed by atoms with Crippen molar-refractivity contribution >= 4 is 22.0 Å². The summed E-state index contributed by atoms with van der Waals surface area (Å²) in [5.41, 5.74) is 3.34. The van der Waals surface area contributed by atoms with Gasteiger partial charge in [0.15, 0.2) is 0 Å². The van der Waals surface area contributed by atoms with E-state index in [2.05, 4.69) is 46.2 Å². The van der Waals surface area contributed by atoms with Crippen molar-refractivity contribution in [2.24, 2.45) is 0 Å². The second-order valence-corrected chi connectivity index (χ2v) is 7.23. The molecule has 0 radical (unpaired) electrons. The fraction of sp³-hybridized carbons (Fsp3) is 0.353. The molecule has 0 saturated heterocycles. The second kappa shape index (κ2) is 5.45. The molecule has 0 aliphatic carbocycles. The number of hydrogen-bond donors (Lipinski definition) is 0. The summed E-state index contributed by atoms with van der Waals surface area (Å²) in [4.78, 5) is 19.8. The van der Waals surface area contributed by atoms with Gasteiger partial charge in [0.05, 0.1) is 12.2 Å². The molecule has 3 aromatic rings. The SMILES string of the molecule is Cc1nn2c(=O)cc(CN3CC[C@H](C)c4ccccc43)nc2s1. The molecule has 0 amide bonds. The van der Waals surface area contributed by atoms with Crippen LogP contribution < -0.4 is 10.5 Å². The third-order valence-corrected chi connectivity index (χ3v) is 5.22. The summed E-state index contributed by atoms with van der Waals surface area (Å²) < 4.78 is 1.38. The Bertz CT molecular complexity index is 930. The maximum atomic E-state index is 12.2. The Labute approximate surface area is 138 Å². The summed E-state index contributed by atoms with van der Waals surface area (Å²) in [6, 6.07) is 10.1. The van der Waals surface area contributed by atoms with E-state index in [1.807, 2.05) is 6.92 Å². The molecule has 4 rings (SSSR count). The van der Waals surface area contributed by atoms with E-state index < -0.39 is 0 Å². The van der Waals surface area contributed by atoms with Crippen LogP contribution in [0.5, 0.6) is 0 Å². The number of hydrogen-bond acceptors (Lipinski definition) is 5. The van der Waals surface area contributed by atoms with Gasteiger partial charge in [0.25, 0.3) is 5.56 Å². The summed E-state index contributed by atoms with van der Waals surface area (Å²) in [6.07, 6.45) is 1.12. The first-order valence-corrected chi connectivity index (χ1v) is 8.64. The lowest BCUT2D eigenvalue weighted by Gasteiger charge is -2.34. The molecule has 1 aliphatic rings. The normalized spacial score (nSPS) is 17.5. The van der Waals surface area contributed by atoms with E-state index in [4.69, 9.17) is 0 Å². The van der Waals surface area contributed by atoms with Crippen LogP contribution in [0.3, 0.4) is 0 Å². The van der Waals surface area contributed by atoms with Crippen LogP contribution in [-0.4, -0.2) is 21.1 Å². The molecule has 0 unspecified atom stereocenters. The Morgan fingerprint density at radius 3 is 3.04 bits per heavy atom. The van der Waals surface area contributed by atoms with Gasteiger partial charge >= 0.3 is 0 Å². The minimum atomic E-state index is -0.104. The molecular formula is C17H18N4OS. The van der Waals surface area contributed by atoms with E-state index in [0.717, 1.165) is 23.7 Å². The fourth-order valence-corrected chi connectivity index (χ4v) is 3.98. The molecule has 6 heteroatoms. The van der Waals surface area contributed by atoms with Crippen molar-refractivity contribution < 1.29 is 0 Å². The van der Waals surface area contributed by atoms with Crippen molar-refractivity contribution in [1.82, 2.24) is 14.6 Å². The average molecular weight is 326 g/mol.